The standard InChI is InChI=1S/C11H13F3N2O/c1-3-4-16-8-7(5-6(2)9(8)17)10(15)11(12,13)14/h3,6,15-16H,1,4-5H2,2H3. The Hall–Kier alpha value is -1.59. The summed E-state index contributed by atoms with van der Waals surface area (Å²) in [5.41, 5.74) is -1.79. The van der Waals surface area contributed by atoms with E-state index in [9.17, 15) is 18.0 Å². The van der Waals surface area contributed by atoms with Gasteiger partial charge in [-0.25, -0.2) is 0 Å². The number of alkyl halides is 3. The molecule has 1 aliphatic rings. The van der Waals surface area contributed by atoms with E-state index >= 15 is 0 Å². The van der Waals surface area contributed by atoms with Crippen LogP contribution in [0.15, 0.2) is 23.9 Å². The Morgan fingerprint density at radius 1 is 1.65 bits per heavy atom. The van der Waals surface area contributed by atoms with E-state index in [0.717, 1.165) is 0 Å². The molecule has 1 unspecified atom stereocenters. The summed E-state index contributed by atoms with van der Waals surface area (Å²) in [6, 6.07) is 0. The maximum Gasteiger partial charge on any atom is 0.433 e. The zero-order chi connectivity index (χ0) is 13.2. The number of rotatable bonds is 4. The molecular formula is C11H13F3N2O. The first kappa shape index (κ1) is 13.5. The van der Waals surface area contributed by atoms with Gasteiger partial charge in [0.25, 0.3) is 0 Å². The van der Waals surface area contributed by atoms with E-state index in [1.54, 1.807) is 6.92 Å². The molecule has 1 rings (SSSR count). The summed E-state index contributed by atoms with van der Waals surface area (Å²) >= 11 is 0. The van der Waals surface area contributed by atoms with Gasteiger partial charge < -0.3 is 5.32 Å². The fraction of sp³-hybridized carbons (Fsp3) is 0.455. The zero-order valence-electron chi connectivity index (χ0n) is 9.32. The van der Waals surface area contributed by atoms with Crippen molar-refractivity contribution in [3.63, 3.8) is 0 Å². The Balaban J connectivity index is 3.06. The fourth-order valence-corrected chi connectivity index (χ4v) is 1.66. The lowest BCUT2D eigenvalue weighted by atomic mass is 10.0. The van der Waals surface area contributed by atoms with Crippen LogP contribution in [-0.2, 0) is 4.79 Å². The van der Waals surface area contributed by atoms with Crippen molar-refractivity contribution in [3.8, 4) is 0 Å². The second kappa shape index (κ2) is 4.73. The Morgan fingerprint density at radius 2 is 2.24 bits per heavy atom. The van der Waals surface area contributed by atoms with Crippen LogP contribution in [0.1, 0.15) is 13.3 Å². The van der Waals surface area contributed by atoms with Gasteiger partial charge in [-0.1, -0.05) is 13.0 Å². The number of carbonyl (C=O) groups is 1. The Labute approximate surface area is 96.9 Å². The molecule has 0 amide bonds. The molecular weight excluding hydrogens is 233 g/mol. The number of halogens is 3. The smallest absolute Gasteiger partial charge is 0.378 e. The molecule has 0 aliphatic heterocycles. The van der Waals surface area contributed by atoms with Crippen LogP contribution in [-0.4, -0.2) is 24.2 Å². The lowest BCUT2D eigenvalue weighted by Crippen LogP contribution is -2.27. The second-order valence-corrected chi connectivity index (χ2v) is 3.87. The molecule has 0 radical (unpaired) electrons. The molecule has 0 fully saturated rings. The number of allylic oxidation sites excluding steroid dienone is 2. The highest BCUT2D eigenvalue weighted by atomic mass is 19.4. The average molecular weight is 246 g/mol. The van der Waals surface area contributed by atoms with Crippen molar-refractivity contribution in [1.82, 2.24) is 5.32 Å². The molecule has 0 bridgehead atoms. The van der Waals surface area contributed by atoms with E-state index in [1.807, 2.05) is 0 Å². The molecule has 6 heteroatoms. The van der Waals surface area contributed by atoms with E-state index in [4.69, 9.17) is 5.41 Å². The van der Waals surface area contributed by atoms with E-state index in [1.165, 1.54) is 6.08 Å². The summed E-state index contributed by atoms with van der Waals surface area (Å²) in [5, 5.41) is 9.67. The summed E-state index contributed by atoms with van der Waals surface area (Å²) in [6.07, 6.45) is -3.32. The summed E-state index contributed by atoms with van der Waals surface area (Å²) in [5.74, 6) is -0.893. The minimum absolute atomic E-state index is 0.0450. The van der Waals surface area contributed by atoms with E-state index in [-0.39, 0.29) is 30.0 Å². The summed E-state index contributed by atoms with van der Waals surface area (Å²) < 4.78 is 37.3. The highest BCUT2D eigenvalue weighted by molar-refractivity contribution is 6.13. The van der Waals surface area contributed by atoms with Crippen LogP contribution in [0, 0.1) is 11.3 Å². The minimum Gasteiger partial charge on any atom is -0.378 e. The molecule has 3 nitrogen and oxygen atoms in total. The van der Waals surface area contributed by atoms with Gasteiger partial charge in [-0.3, -0.25) is 10.2 Å². The number of carbonyl (C=O) groups excluding carboxylic acids is 1. The first-order chi connectivity index (χ1) is 7.79. The van der Waals surface area contributed by atoms with Crippen molar-refractivity contribution in [1.29, 1.82) is 5.41 Å². The number of Topliss-reactive ketones (excluding diaryl/α,β-unsaturated/α-hetero) is 1. The SMILES string of the molecule is C=CCNC1=C(C(=N)C(F)(F)F)CC(C)C1=O. The van der Waals surface area contributed by atoms with Gasteiger partial charge in [0, 0.05) is 18.0 Å². The van der Waals surface area contributed by atoms with Crippen LogP contribution in [0.5, 0.6) is 0 Å². The molecule has 17 heavy (non-hydrogen) atoms. The van der Waals surface area contributed by atoms with Crippen LogP contribution in [0.25, 0.3) is 0 Å². The third kappa shape index (κ3) is 2.75. The van der Waals surface area contributed by atoms with Gasteiger partial charge in [0.15, 0.2) is 5.78 Å². The third-order valence-corrected chi connectivity index (χ3v) is 2.51. The predicted molar refractivity (Wildman–Crippen MR) is 57.8 cm³/mol. The lowest BCUT2D eigenvalue weighted by molar-refractivity contribution is -0.118. The molecule has 0 saturated heterocycles. The van der Waals surface area contributed by atoms with Gasteiger partial charge in [0.05, 0.1) is 5.70 Å². The molecule has 1 atom stereocenters. The number of hydrogen-bond acceptors (Lipinski definition) is 3. The predicted octanol–water partition coefficient (Wildman–Crippen LogP) is 2.21. The largest absolute Gasteiger partial charge is 0.433 e. The quantitative estimate of drug-likeness (QED) is 0.590. The van der Waals surface area contributed by atoms with Gasteiger partial charge >= 0.3 is 6.18 Å². The molecule has 1 aliphatic carbocycles. The normalized spacial score (nSPS) is 20.7. The molecule has 2 N–H and O–H groups in total. The summed E-state index contributed by atoms with van der Waals surface area (Å²) in [7, 11) is 0. The van der Waals surface area contributed by atoms with Gasteiger partial charge in [-0.05, 0) is 6.42 Å². The molecule has 0 heterocycles. The topological polar surface area (TPSA) is 53.0 Å². The molecule has 0 aromatic carbocycles. The first-order valence-electron chi connectivity index (χ1n) is 5.07. The Morgan fingerprint density at radius 3 is 2.71 bits per heavy atom. The minimum atomic E-state index is -4.72. The van der Waals surface area contributed by atoms with Crippen LogP contribution in [0.3, 0.4) is 0 Å². The average Bonchev–Trinajstić information content (AvgIpc) is 2.50. The Kier molecular flexibility index (Phi) is 3.75. The lowest BCUT2D eigenvalue weighted by Gasteiger charge is -2.11. The van der Waals surface area contributed by atoms with Gasteiger partial charge in [0.1, 0.15) is 5.71 Å². The van der Waals surface area contributed by atoms with Gasteiger partial charge in [-0.15, -0.1) is 6.58 Å². The van der Waals surface area contributed by atoms with Crippen molar-refractivity contribution >= 4 is 11.5 Å². The van der Waals surface area contributed by atoms with E-state index in [0.29, 0.717) is 0 Å². The molecule has 0 aromatic rings. The zero-order valence-corrected chi connectivity index (χ0v) is 9.32. The molecule has 0 saturated carbocycles. The third-order valence-electron chi connectivity index (χ3n) is 2.51. The van der Waals surface area contributed by atoms with Crippen LogP contribution < -0.4 is 5.32 Å². The van der Waals surface area contributed by atoms with Crippen LogP contribution >= 0.6 is 0 Å². The summed E-state index contributed by atoms with van der Waals surface area (Å²) in [6.45, 7) is 5.16. The first-order valence-corrected chi connectivity index (χ1v) is 5.07. The van der Waals surface area contributed by atoms with Crippen molar-refractivity contribution in [3.05, 3.63) is 23.9 Å². The van der Waals surface area contributed by atoms with E-state index < -0.39 is 17.8 Å². The van der Waals surface area contributed by atoms with E-state index in [2.05, 4.69) is 11.9 Å². The Bertz CT molecular complexity index is 396. The monoisotopic (exact) mass is 246 g/mol. The van der Waals surface area contributed by atoms with Crippen molar-refractivity contribution in [2.45, 2.75) is 19.5 Å². The number of hydrogen-bond donors (Lipinski definition) is 2. The van der Waals surface area contributed by atoms with Crippen molar-refractivity contribution < 1.29 is 18.0 Å². The highest BCUT2D eigenvalue weighted by Crippen LogP contribution is 2.32. The van der Waals surface area contributed by atoms with Crippen molar-refractivity contribution in [2.75, 3.05) is 6.54 Å². The maximum atomic E-state index is 12.4. The fourth-order valence-electron chi connectivity index (χ4n) is 1.66. The molecule has 94 valence electrons. The molecule has 0 aromatic heterocycles. The maximum absolute atomic E-state index is 12.4. The second-order valence-electron chi connectivity index (χ2n) is 3.87. The van der Waals surface area contributed by atoms with Gasteiger partial charge in [0.2, 0.25) is 0 Å². The number of ketones is 1. The summed E-state index contributed by atoms with van der Waals surface area (Å²) in [4.78, 5) is 11.6. The van der Waals surface area contributed by atoms with Gasteiger partial charge in [-0.2, -0.15) is 13.2 Å². The number of nitrogens with one attached hydrogen (secondary N) is 2. The van der Waals surface area contributed by atoms with Crippen LogP contribution in [0.2, 0.25) is 0 Å². The molecule has 0 spiro atoms. The highest BCUT2D eigenvalue weighted by Gasteiger charge is 2.42. The van der Waals surface area contributed by atoms with Crippen LogP contribution in [0.4, 0.5) is 13.2 Å². The van der Waals surface area contributed by atoms with Crippen molar-refractivity contribution in [2.24, 2.45) is 5.92 Å².